The molecule has 3 aromatic heterocycles. The van der Waals surface area contributed by atoms with Gasteiger partial charge in [0.05, 0.1) is 24.0 Å². The Balaban J connectivity index is 0.00000405. The van der Waals surface area contributed by atoms with Gasteiger partial charge in [0, 0.05) is 35.2 Å². The lowest BCUT2D eigenvalue weighted by molar-refractivity contribution is -0.384. The number of nitrogens with zero attached hydrogens (tertiary/aromatic N) is 6. The van der Waals surface area contributed by atoms with Crippen LogP contribution in [0, 0.1) is 21.7 Å². The number of hydrogen-bond donors (Lipinski definition) is 0. The first-order valence-electron chi connectivity index (χ1n) is 12.1. The van der Waals surface area contributed by atoms with Crippen LogP contribution in [-0.4, -0.2) is 50.4 Å². The van der Waals surface area contributed by atoms with Crippen LogP contribution >= 0.6 is 23.7 Å². The highest BCUT2D eigenvalue weighted by atomic mass is 35.5. The topological polar surface area (TPSA) is 125 Å². The lowest BCUT2D eigenvalue weighted by atomic mass is 10.1. The van der Waals surface area contributed by atoms with Gasteiger partial charge in [0.25, 0.3) is 11.2 Å². The highest BCUT2D eigenvalue weighted by Crippen LogP contribution is 2.38. The summed E-state index contributed by atoms with van der Waals surface area (Å²) in [6, 6.07) is 12.0. The fourth-order valence-corrected chi connectivity index (χ4v) is 5.73. The van der Waals surface area contributed by atoms with Crippen molar-refractivity contribution in [1.82, 2.24) is 24.2 Å². The van der Waals surface area contributed by atoms with Crippen molar-refractivity contribution in [3.8, 4) is 22.1 Å². The van der Waals surface area contributed by atoms with Gasteiger partial charge in [-0.05, 0) is 55.6 Å². The van der Waals surface area contributed by atoms with E-state index in [1.165, 1.54) is 37.4 Å². The maximum absolute atomic E-state index is 14.8. The van der Waals surface area contributed by atoms with Gasteiger partial charge in [-0.3, -0.25) is 19.5 Å². The molecule has 0 saturated carbocycles. The molecule has 42 heavy (non-hydrogen) atoms. The zero-order valence-electron chi connectivity index (χ0n) is 22.4. The number of nitro groups is 1. The van der Waals surface area contributed by atoms with Gasteiger partial charge in [0.1, 0.15) is 16.5 Å². The number of fused-ring (bicyclic) bond motifs is 1. The largest absolute Gasteiger partial charge is 0.480 e. The number of ether oxygens (including phenoxy) is 1. The first-order chi connectivity index (χ1) is 19.6. The Kier molecular flexibility index (Phi) is 8.80. The van der Waals surface area contributed by atoms with Gasteiger partial charge >= 0.3 is 5.69 Å². The van der Waals surface area contributed by atoms with Crippen LogP contribution < -0.4 is 16.0 Å². The molecule has 5 rings (SSSR count). The molecule has 0 bridgehead atoms. The van der Waals surface area contributed by atoms with Crippen molar-refractivity contribution in [2.75, 3.05) is 21.2 Å². The van der Waals surface area contributed by atoms with E-state index in [4.69, 9.17) is 4.74 Å². The Morgan fingerprint density at radius 1 is 1.00 bits per heavy atom. The number of thiophene rings is 1. The van der Waals surface area contributed by atoms with Gasteiger partial charge in [-0.15, -0.1) is 33.9 Å². The fraction of sp³-hybridized carbons (Fsp3) is 0.185. The predicted octanol–water partition coefficient (Wildman–Crippen LogP) is 4.40. The normalized spacial score (nSPS) is 11.1. The van der Waals surface area contributed by atoms with E-state index in [1.54, 1.807) is 26.2 Å². The first kappa shape index (κ1) is 30.4. The molecule has 0 spiro atoms. The number of aromatic nitrogens is 4. The number of nitro benzene ring substituents is 1. The molecule has 218 valence electrons. The van der Waals surface area contributed by atoms with Gasteiger partial charge in [-0.1, -0.05) is 6.07 Å². The molecule has 0 aliphatic heterocycles. The quantitative estimate of drug-likeness (QED) is 0.186. The summed E-state index contributed by atoms with van der Waals surface area (Å²) in [5, 5.41) is 19.2. The molecule has 0 unspecified atom stereocenters. The van der Waals surface area contributed by atoms with E-state index in [0.717, 1.165) is 32.6 Å². The molecule has 0 atom stereocenters. The summed E-state index contributed by atoms with van der Waals surface area (Å²) >= 11 is 1.08. The third-order valence-corrected chi connectivity index (χ3v) is 7.63. The van der Waals surface area contributed by atoms with E-state index >= 15 is 0 Å². The van der Waals surface area contributed by atoms with Crippen molar-refractivity contribution >= 4 is 39.6 Å². The van der Waals surface area contributed by atoms with Crippen LogP contribution in [0.3, 0.4) is 0 Å². The van der Waals surface area contributed by atoms with Crippen LogP contribution in [0.25, 0.3) is 26.5 Å². The molecule has 0 N–H and O–H groups in total. The molecule has 15 heteroatoms. The van der Waals surface area contributed by atoms with Crippen LogP contribution in [0.5, 0.6) is 5.88 Å². The van der Waals surface area contributed by atoms with E-state index in [2.05, 4.69) is 10.2 Å². The molecule has 0 amide bonds. The lowest BCUT2D eigenvalue weighted by Crippen LogP contribution is -2.39. The second kappa shape index (κ2) is 12.1. The second-order valence-corrected chi connectivity index (χ2v) is 10.3. The van der Waals surface area contributed by atoms with Crippen molar-refractivity contribution in [3.05, 3.63) is 108 Å². The molecule has 0 saturated heterocycles. The zero-order chi connectivity index (χ0) is 29.4. The molecule has 3 heterocycles. The molecule has 5 aromatic rings. The van der Waals surface area contributed by atoms with Gasteiger partial charge in [0.2, 0.25) is 5.88 Å². The standard InChI is InChI=1S/C27H22F2N6O5S.ClH/c1-32(2)13-18-23-25(36)34(21-11-12-22(40-3)31-30-21)27(37)33(14-17-19(28)5-4-6-20(17)29)26(23)41-24(18)15-7-9-16(10-8-15)35(38)39;/h4-12H,13-14H2,1-3H3;1H. The minimum absolute atomic E-state index is 0. The number of benzene rings is 2. The molecule has 0 aliphatic carbocycles. The minimum atomic E-state index is -0.877. The first-order valence-corrected chi connectivity index (χ1v) is 12.9. The SMILES string of the molecule is COc1ccc(-n2c(=O)c3c(CN(C)C)c(-c4ccc([N+](=O)[O-])cc4)sc3n(Cc3c(F)cccc3F)c2=O)nn1.Cl. The van der Waals surface area contributed by atoms with Crippen LogP contribution in [0.15, 0.2) is 64.2 Å². The molecule has 11 nitrogen and oxygen atoms in total. The summed E-state index contributed by atoms with van der Waals surface area (Å²) in [7, 11) is 4.97. The maximum atomic E-state index is 14.8. The van der Waals surface area contributed by atoms with Gasteiger partial charge in [-0.25, -0.2) is 18.1 Å². The lowest BCUT2D eigenvalue weighted by Gasteiger charge is -2.14. The third-order valence-electron chi connectivity index (χ3n) is 6.33. The summed E-state index contributed by atoms with van der Waals surface area (Å²) in [4.78, 5) is 41.2. The Morgan fingerprint density at radius 2 is 1.67 bits per heavy atom. The molecular weight excluding hydrogens is 594 g/mol. The van der Waals surface area contributed by atoms with Crippen molar-refractivity contribution in [2.24, 2.45) is 0 Å². The van der Waals surface area contributed by atoms with E-state index in [1.807, 2.05) is 4.90 Å². The summed E-state index contributed by atoms with van der Waals surface area (Å²) in [6.07, 6.45) is 0. The van der Waals surface area contributed by atoms with Crippen LogP contribution in [0.4, 0.5) is 14.5 Å². The summed E-state index contributed by atoms with van der Waals surface area (Å²) in [6.45, 7) is -0.262. The summed E-state index contributed by atoms with van der Waals surface area (Å²) < 4.78 is 36.5. The molecule has 0 radical (unpaired) electrons. The molecule has 0 fully saturated rings. The average molecular weight is 617 g/mol. The van der Waals surface area contributed by atoms with E-state index < -0.39 is 34.4 Å². The van der Waals surface area contributed by atoms with Gasteiger partial charge in [0.15, 0.2) is 5.82 Å². The Hall–Kier alpha value is -4.53. The number of rotatable bonds is 8. The molecular formula is C27H23ClF2N6O5S. The van der Waals surface area contributed by atoms with Crippen LogP contribution in [0.2, 0.25) is 0 Å². The monoisotopic (exact) mass is 616 g/mol. The van der Waals surface area contributed by atoms with Gasteiger partial charge < -0.3 is 9.64 Å². The zero-order valence-corrected chi connectivity index (χ0v) is 24.0. The average Bonchev–Trinajstić information content (AvgIpc) is 3.31. The van der Waals surface area contributed by atoms with E-state index in [9.17, 15) is 28.5 Å². The minimum Gasteiger partial charge on any atom is -0.480 e. The highest BCUT2D eigenvalue weighted by molar-refractivity contribution is 7.22. The van der Waals surface area contributed by atoms with Crippen LogP contribution in [-0.2, 0) is 13.1 Å². The second-order valence-electron chi connectivity index (χ2n) is 9.28. The summed E-state index contributed by atoms with van der Waals surface area (Å²) in [5.74, 6) is -1.66. The third kappa shape index (κ3) is 5.51. The van der Waals surface area contributed by atoms with E-state index in [0.29, 0.717) is 16.0 Å². The van der Waals surface area contributed by atoms with Crippen molar-refractivity contribution in [1.29, 1.82) is 0 Å². The maximum Gasteiger partial charge on any atom is 0.338 e. The number of non-ortho nitro benzene ring substituents is 1. The number of methoxy groups -OCH3 is 1. The van der Waals surface area contributed by atoms with Gasteiger partial charge in [-0.2, -0.15) is 0 Å². The molecule has 0 aliphatic rings. The van der Waals surface area contributed by atoms with E-state index in [-0.39, 0.29) is 52.1 Å². The Labute approximate surface area is 246 Å². The smallest absolute Gasteiger partial charge is 0.338 e. The number of halogens is 3. The molecule has 2 aromatic carbocycles. The van der Waals surface area contributed by atoms with Crippen molar-refractivity contribution in [3.63, 3.8) is 0 Å². The Morgan fingerprint density at radius 3 is 2.21 bits per heavy atom. The summed E-state index contributed by atoms with van der Waals surface area (Å²) in [5.41, 5.74) is -0.946. The predicted molar refractivity (Wildman–Crippen MR) is 156 cm³/mol. The van der Waals surface area contributed by atoms with Crippen molar-refractivity contribution < 1.29 is 18.4 Å². The highest BCUT2D eigenvalue weighted by Gasteiger charge is 2.26. The van der Waals surface area contributed by atoms with Crippen molar-refractivity contribution in [2.45, 2.75) is 13.1 Å². The number of hydrogen-bond acceptors (Lipinski definition) is 9. The van der Waals surface area contributed by atoms with Crippen LogP contribution in [0.1, 0.15) is 11.1 Å². The Bertz CT molecular complexity index is 1890. The fourth-order valence-electron chi connectivity index (χ4n) is 4.43.